The summed E-state index contributed by atoms with van der Waals surface area (Å²) in [6.07, 6.45) is 1.67. The summed E-state index contributed by atoms with van der Waals surface area (Å²) in [6.45, 7) is 0. The summed E-state index contributed by atoms with van der Waals surface area (Å²) in [5.41, 5.74) is 1.14. The van der Waals surface area contributed by atoms with Crippen LogP contribution in [0.2, 0.25) is 0 Å². The molecular formula is C15H14BrNO4. The number of benzene rings is 1. The van der Waals surface area contributed by atoms with Gasteiger partial charge in [0.05, 0.1) is 17.4 Å². The van der Waals surface area contributed by atoms with E-state index in [-0.39, 0.29) is 5.92 Å². The van der Waals surface area contributed by atoms with Crippen LogP contribution in [0, 0.1) is 23.2 Å². The SMILES string of the molecule is N#Cc1cc([C@H]2CCCC(C(=O)O)C2C(=O)O)ccc1Br. The van der Waals surface area contributed by atoms with Crippen molar-refractivity contribution in [1.82, 2.24) is 0 Å². The summed E-state index contributed by atoms with van der Waals surface area (Å²) < 4.78 is 0.645. The fourth-order valence-electron chi connectivity index (χ4n) is 3.05. The second-order valence-electron chi connectivity index (χ2n) is 5.20. The van der Waals surface area contributed by atoms with Gasteiger partial charge < -0.3 is 10.2 Å². The Morgan fingerprint density at radius 1 is 1.24 bits per heavy atom. The van der Waals surface area contributed by atoms with Crippen LogP contribution in [-0.4, -0.2) is 22.2 Å². The van der Waals surface area contributed by atoms with E-state index in [9.17, 15) is 19.8 Å². The molecule has 1 saturated carbocycles. The van der Waals surface area contributed by atoms with Crippen LogP contribution in [0.3, 0.4) is 0 Å². The minimum atomic E-state index is -1.09. The van der Waals surface area contributed by atoms with Gasteiger partial charge in [-0.1, -0.05) is 12.5 Å². The summed E-state index contributed by atoms with van der Waals surface area (Å²) in [7, 11) is 0. The second kappa shape index (κ2) is 6.27. The number of aliphatic carboxylic acids is 2. The number of nitriles is 1. The van der Waals surface area contributed by atoms with Crippen LogP contribution in [0.5, 0.6) is 0 Å². The molecule has 5 nitrogen and oxygen atoms in total. The van der Waals surface area contributed by atoms with Crippen LogP contribution in [0.25, 0.3) is 0 Å². The number of hydrogen-bond acceptors (Lipinski definition) is 3. The number of carboxylic acid groups (broad SMARTS) is 2. The van der Waals surface area contributed by atoms with E-state index in [0.29, 0.717) is 34.9 Å². The predicted octanol–water partition coefficient (Wildman–Crippen LogP) is 2.99. The summed E-state index contributed by atoms with van der Waals surface area (Å²) in [5, 5.41) is 27.7. The molecule has 1 aliphatic rings. The van der Waals surface area contributed by atoms with E-state index < -0.39 is 23.8 Å². The average molecular weight is 352 g/mol. The molecule has 2 rings (SSSR count). The summed E-state index contributed by atoms with van der Waals surface area (Å²) in [6, 6.07) is 7.16. The van der Waals surface area contributed by atoms with Gasteiger partial charge in [-0.3, -0.25) is 9.59 Å². The van der Waals surface area contributed by atoms with Gasteiger partial charge in [-0.25, -0.2) is 0 Å². The molecule has 0 aliphatic heterocycles. The number of hydrogen-bond donors (Lipinski definition) is 2. The maximum Gasteiger partial charge on any atom is 0.307 e. The first-order valence-electron chi connectivity index (χ1n) is 6.61. The second-order valence-corrected chi connectivity index (χ2v) is 6.05. The van der Waals surface area contributed by atoms with Gasteiger partial charge in [0.1, 0.15) is 6.07 Å². The zero-order valence-electron chi connectivity index (χ0n) is 11.1. The first-order chi connectivity index (χ1) is 9.95. The quantitative estimate of drug-likeness (QED) is 0.871. The molecule has 6 heteroatoms. The lowest BCUT2D eigenvalue weighted by Gasteiger charge is -2.33. The van der Waals surface area contributed by atoms with E-state index in [0.717, 1.165) is 0 Å². The molecule has 1 aromatic carbocycles. The third kappa shape index (κ3) is 3.08. The molecule has 21 heavy (non-hydrogen) atoms. The van der Waals surface area contributed by atoms with Gasteiger partial charge in [0, 0.05) is 4.47 Å². The summed E-state index contributed by atoms with van der Waals surface area (Å²) in [4.78, 5) is 22.8. The van der Waals surface area contributed by atoms with Crippen LogP contribution < -0.4 is 0 Å². The number of carbonyl (C=O) groups is 2. The van der Waals surface area contributed by atoms with Crippen molar-refractivity contribution in [2.24, 2.45) is 11.8 Å². The normalized spacial score (nSPS) is 25.0. The Labute approximate surface area is 130 Å². The van der Waals surface area contributed by atoms with Crippen LogP contribution in [0.4, 0.5) is 0 Å². The molecule has 1 aromatic rings. The highest BCUT2D eigenvalue weighted by Crippen LogP contribution is 2.42. The maximum atomic E-state index is 11.5. The fourth-order valence-corrected chi connectivity index (χ4v) is 3.39. The van der Waals surface area contributed by atoms with Gasteiger partial charge in [-0.2, -0.15) is 5.26 Å². The van der Waals surface area contributed by atoms with E-state index >= 15 is 0 Å². The Bertz CT molecular complexity index is 623. The lowest BCUT2D eigenvalue weighted by molar-refractivity contribution is -0.156. The van der Waals surface area contributed by atoms with Crippen molar-refractivity contribution in [2.75, 3.05) is 0 Å². The first kappa shape index (κ1) is 15.5. The van der Waals surface area contributed by atoms with Crippen molar-refractivity contribution in [3.8, 4) is 6.07 Å². The van der Waals surface area contributed by atoms with Gasteiger partial charge >= 0.3 is 11.9 Å². The van der Waals surface area contributed by atoms with Crippen molar-refractivity contribution in [2.45, 2.75) is 25.2 Å². The molecular weight excluding hydrogens is 338 g/mol. The van der Waals surface area contributed by atoms with Crippen molar-refractivity contribution in [3.63, 3.8) is 0 Å². The van der Waals surface area contributed by atoms with Crippen molar-refractivity contribution in [3.05, 3.63) is 33.8 Å². The Balaban J connectivity index is 2.43. The van der Waals surface area contributed by atoms with E-state index in [1.165, 1.54) is 0 Å². The van der Waals surface area contributed by atoms with Crippen LogP contribution in [0.15, 0.2) is 22.7 Å². The van der Waals surface area contributed by atoms with Gasteiger partial charge in [0.25, 0.3) is 0 Å². The predicted molar refractivity (Wildman–Crippen MR) is 77.7 cm³/mol. The minimum Gasteiger partial charge on any atom is -0.481 e. The van der Waals surface area contributed by atoms with Crippen molar-refractivity contribution >= 4 is 27.9 Å². The highest BCUT2D eigenvalue weighted by Gasteiger charge is 2.42. The smallest absolute Gasteiger partial charge is 0.307 e. The van der Waals surface area contributed by atoms with Crippen LogP contribution in [0.1, 0.15) is 36.3 Å². The van der Waals surface area contributed by atoms with Gasteiger partial charge in [0.2, 0.25) is 0 Å². The molecule has 1 aliphatic carbocycles. The molecule has 0 saturated heterocycles. The van der Waals surface area contributed by atoms with Gasteiger partial charge in [0.15, 0.2) is 0 Å². The van der Waals surface area contributed by atoms with Crippen LogP contribution in [-0.2, 0) is 9.59 Å². The molecule has 0 spiro atoms. The first-order valence-corrected chi connectivity index (χ1v) is 7.40. The Hall–Kier alpha value is -1.87. The molecule has 2 N–H and O–H groups in total. The lowest BCUT2D eigenvalue weighted by atomic mass is 9.69. The van der Waals surface area contributed by atoms with Crippen LogP contribution >= 0.6 is 15.9 Å². The molecule has 110 valence electrons. The molecule has 2 unspecified atom stereocenters. The molecule has 1 fully saturated rings. The Morgan fingerprint density at radius 2 is 1.95 bits per heavy atom. The topological polar surface area (TPSA) is 98.4 Å². The minimum absolute atomic E-state index is 0.377. The van der Waals surface area contributed by atoms with E-state index in [2.05, 4.69) is 15.9 Å². The van der Waals surface area contributed by atoms with E-state index in [4.69, 9.17) is 5.26 Å². The lowest BCUT2D eigenvalue weighted by Crippen LogP contribution is -2.37. The van der Waals surface area contributed by atoms with Gasteiger partial charge in [-0.05, 0) is 52.4 Å². The Morgan fingerprint density at radius 3 is 2.52 bits per heavy atom. The molecule has 0 aromatic heterocycles. The fraction of sp³-hybridized carbons (Fsp3) is 0.400. The highest BCUT2D eigenvalue weighted by atomic mass is 79.9. The Kier molecular flexibility index (Phi) is 4.63. The zero-order chi connectivity index (χ0) is 15.6. The summed E-state index contributed by atoms with van der Waals surface area (Å²) >= 11 is 3.26. The largest absolute Gasteiger partial charge is 0.481 e. The number of rotatable bonds is 3. The summed E-state index contributed by atoms with van der Waals surface area (Å²) in [5.74, 6) is -4.37. The average Bonchev–Trinajstić information content (AvgIpc) is 2.46. The van der Waals surface area contributed by atoms with Crippen molar-refractivity contribution < 1.29 is 19.8 Å². The highest BCUT2D eigenvalue weighted by molar-refractivity contribution is 9.10. The number of nitrogens with zero attached hydrogens (tertiary/aromatic N) is 1. The molecule has 3 atom stereocenters. The molecule has 0 bridgehead atoms. The molecule has 0 amide bonds. The van der Waals surface area contributed by atoms with E-state index in [1.807, 2.05) is 6.07 Å². The van der Waals surface area contributed by atoms with Crippen molar-refractivity contribution in [1.29, 1.82) is 5.26 Å². The number of carboxylic acids is 2. The third-order valence-corrected chi connectivity index (χ3v) is 4.73. The van der Waals surface area contributed by atoms with Gasteiger partial charge in [-0.15, -0.1) is 0 Å². The standard InChI is InChI=1S/C15H14BrNO4/c16-12-5-4-8(6-9(12)7-17)10-2-1-3-11(14(18)19)13(10)15(20)21/h4-6,10-11,13H,1-3H2,(H,18,19)(H,20,21)/t10-,11?,13?/m1/s1. The molecule has 0 radical (unpaired) electrons. The molecule has 0 heterocycles. The third-order valence-electron chi connectivity index (χ3n) is 4.04. The maximum absolute atomic E-state index is 11.5. The monoisotopic (exact) mass is 351 g/mol. The number of halogens is 1. The zero-order valence-corrected chi connectivity index (χ0v) is 12.7. The van der Waals surface area contributed by atoms with E-state index in [1.54, 1.807) is 18.2 Å².